The largest absolute Gasteiger partial charge is 0.310 e. The third kappa shape index (κ3) is 2.56. The van der Waals surface area contributed by atoms with E-state index in [0.717, 1.165) is 22.3 Å². The van der Waals surface area contributed by atoms with Crippen LogP contribution < -0.4 is 5.32 Å². The molecule has 1 aliphatic rings. The second-order valence-corrected chi connectivity index (χ2v) is 7.67. The van der Waals surface area contributed by atoms with Crippen molar-refractivity contribution in [1.29, 1.82) is 0 Å². The minimum atomic E-state index is -0.885. The van der Waals surface area contributed by atoms with Gasteiger partial charge in [0, 0.05) is 20.7 Å². The highest BCUT2D eigenvalue weighted by atomic mass is 79.9. The van der Waals surface area contributed by atoms with Crippen LogP contribution in [0.5, 0.6) is 0 Å². The van der Waals surface area contributed by atoms with Crippen molar-refractivity contribution in [1.82, 2.24) is 5.32 Å². The zero-order valence-electron chi connectivity index (χ0n) is 11.1. The fraction of sp³-hybridized carbons (Fsp3) is 0.571. The van der Waals surface area contributed by atoms with E-state index in [9.17, 15) is 4.21 Å². The predicted molar refractivity (Wildman–Crippen MR) is 80.2 cm³/mol. The molecule has 0 fully saturated rings. The number of hydrogen-bond donors (Lipinski definition) is 1. The van der Waals surface area contributed by atoms with Gasteiger partial charge in [-0.05, 0) is 42.6 Å². The molecule has 0 aromatic heterocycles. The smallest absolute Gasteiger partial charge is 0.0564 e. The lowest BCUT2D eigenvalue weighted by Crippen LogP contribution is -2.39. The van der Waals surface area contributed by atoms with Crippen molar-refractivity contribution < 1.29 is 4.21 Å². The number of hydrogen-bond acceptors (Lipinski definition) is 2. The summed E-state index contributed by atoms with van der Waals surface area (Å²) >= 11 is 3.51. The Kier molecular flexibility index (Phi) is 4.62. The Balaban J connectivity index is 2.44. The molecule has 100 valence electrons. The Morgan fingerprint density at radius 2 is 2.11 bits per heavy atom. The molecule has 0 radical (unpaired) electrons. The number of nitrogens with one attached hydrogen (secondary N) is 1. The molecule has 0 saturated carbocycles. The molecule has 4 heteroatoms. The van der Waals surface area contributed by atoms with Crippen LogP contribution in [0, 0.1) is 5.92 Å². The van der Waals surface area contributed by atoms with Crippen LogP contribution in [0.25, 0.3) is 0 Å². The standard InChI is InChI=1S/C14H20BrNOS/c1-4-7-16-14-9(2)10(3)18(17)13-6-5-11(15)8-12(13)14/h5-6,8-10,14,16H,4,7H2,1-3H3. The Labute approximate surface area is 120 Å². The third-order valence-corrected chi connectivity index (χ3v) is 6.14. The molecule has 1 aromatic rings. The number of benzene rings is 1. The van der Waals surface area contributed by atoms with Gasteiger partial charge in [-0.3, -0.25) is 4.21 Å². The van der Waals surface area contributed by atoms with Crippen molar-refractivity contribution in [3.63, 3.8) is 0 Å². The van der Waals surface area contributed by atoms with Gasteiger partial charge in [0.1, 0.15) is 0 Å². The van der Waals surface area contributed by atoms with Gasteiger partial charge in [-0.25, -0.2) is 0 Å². The van der Waals surface area contributed by atoms with Crippen molar-refractivity contribution in [3.8, 4) is 0 Å². The van der Waals surface area contributed by atoms with Crippen molar-refractivity contribution in [3.05, 3.63) is 28.2 Å². The van der Waals surface area contributed by atoms with Crippen LogP contribution in [-0.4, -0.2) is 16.0 Å². The molecular formula is C14H20BrNOS. The Hall–Kier alpha value is -0.190. The van der Waals surface area contributed by atoms with Crippen molar-refractivity contribution in [2.24, 2.45) is 5.92 Å². The molecule has 0 saturated heterocycles. The monoisotopic (exact) mass is 329 g/mol. The second-order valence-electron chi connectivity index (χ2n) is 4.98. The Morgan fingerprint density at radius 3 is 2.78 bits per heavy atom. The number of fused-ring (bicyclic) bond motifs is 1. The summed E-state index contributed by atoms with van der Waals surface area (Å²) in [5.41, 5.74) is 1.20. The zero-order chi connectivity index (χ0) is 13.3. The normalized spacial score (nSPS) is 31.1. The zero-order valence-corrected chi connectivity index (χ0v) is 13.5. The Bertz CT molecular complexity index is 463. The van der Waals surface area contributed by atoms with Crippen LogP contribution in [0.15, 0.2) is 27.6 Å². The first-order valence-corrected chi connectivity index (χ1v) is 8.50. The van der Waals surface area contributed by atoms with Gasteiger partial charge >= 0.3 is 0 Å². The first kappa shape index (κ1) is 14.2. The van der Waals surface area contributed by atoms with Gasteiger partial charge in [-0.15, -0.1) is 0 Å². The quantitative estimate of drug-likeness (QED) is 0.917. The van der Waals surface area contributed by atoms with Gasteiger partial charge in [0.15, 0.2) is 0 Å². The van der Waals surface area contributed by atoms with E-state index in [2.05, 4.69) is 48.1 Å². The minimum absolute atomic E-state index is 0.202. The summed E-state index contributed by atoms with van der Waals surface area (Å²) in [6.45, 7) is 7.45. The third-order valence-electron chi connectivity index (χ3n) is 3.74. The van der Waals surface area contributed by atoms with Gasteiger partial charge in [-0.1, -0.05) is 36.7 Å². The van der Waals surface area contributed by atoms with Gasteiger partial charge in [0.25, 0.3) is 0 Å². The van der Waals surface area contributed by atoms with Crippen LogP contribution in [-0.2, 0) is 10.8 Å². The van der Waals surface area contributed by atoms with E-state index in [4.69, 9.17) is 0 Å². The van der Waals surface area contributed by atoms with Gasteiger partial charge < -0.3 is 5.32 Å². The highest BCUT2D eigenvalue weighted by Gasteiger charge is 2.36. The Morgan fingerprint density at radius 1 is 1.39 bits per heavy atom. The average Bonchev–Trinajstić information content (AvgIpc) is 2.36. The average molecular weight is 330 g/mol. The minimum Gasteiger partial charge on any atom is -0.310 e. The summed E-state index contributed by atoms with van der Waals surface area (Å²) < 4.78 is 13.5. The van der Waals surface area contributed by atoms with Gasteiger partial charge in [0.05, 0.1) is 10.8 Å². The molecule has 2 rings (SSSR count). The molecular weight excluding hydrogens is 310 g/mol. The molecule has 0 amide bonds. The van der Waals surface area contributed by atoms with E-state index >= 15 is 0 Å². The topological polar surface area (TPSA) is 29.1 Å². The van der Waals surface area contributed by atoms with Gasteiger partial charge in [0.2, 0.25) is 0 Å². The van der Waals surface area contributed by atoms with Crippen LogP contribution in [0.2, 0.25) is 0 Å². The lowest BCUT2D eigenvalue weighted by molar-refractivity contribution is 0.367. The summed E-state index contributed by atoms with van der Waals surface area (Å²) in [7, 11) is -0.885. The number of rotatable bonds is 3. The van der Waals surface area contributed by atoms with Crippen LogP contribution in [0.1, 0.15) is 38.8 Å². The molecule has 1 aliphatic heterocycles. The molecule has 1 aromatic carbocycles. The lowest BCUT2D eigenvalue weighted by Gasteiger charge is -2.36. The molecule has 1 heterocycles. The van der Waals surface area contributed by atoms with Crippen molar-refractivity contribution in [2.75, 3.05) is 6.54 Å². The van der Waals surface area contributed by atoms with E-state index in [1.807, 2.05) is 12.1 Å². The van der Waals surface area contributed by atoms with E-state index < -0.39 is 10.8 Å². The van der Waals surface area contributed by atoms with E-state index in [-0.39, 0.29) is 5.25 Å². The predicted octanol–water partition coefficient (Wildman–Crippen LogP) is 3.64. The highest BCUT2D eigenvalue weighted by Crippen LogP contribution is 2.39. The lowest BCUT2D eigenvalue weighted by atomic mass is 9.91. The number of halogens is 1. The molecule has 1 N–H and O–H groups in total. The highest BCUT2D eigenvalue weighted by molar-refractivity contribution is 9.10. The summed E-state index contributed by atoms with van der Waals surface area (Å²) in [5.74, 6) is 0.388. The second kappa shape index (κ2) is 5.85. The summed E-state index contributed by atoms with van der Waals surface area (Å²) in [5, 5.41) is 3.80. The van der Waals surface area contributed by atoms with Crippen LogP contribution >= 0.6 is 15.9 Å². The summed E-state index contributed by atoms with van der Waals surface area (Å²) in [4.78, 5) is 0.998. The first-order chi connectivity index (χ1) is 8.56. The van der Waals surface area contributed by atoms with Crippen molar-refractivity contribution >= 4 is 26.7 Å². The maximum Gasteiger partial charge on any atom is 0.0564 e. The molecule has 0 spiro atoms. The van der Waals surface area contributed by atoms with Gasteiger partial charge in [-0.2, -0.15) is 0 Å². The maximum absolute atomic E-state index is 12.4. The SMILES string of the molecule is CCCNC1c2cc(Br)ccc2S(=O)C(C)C1C. The van der Waals surface area contributed by atoms with E-state index in [1.54, 1.807) is 0 Å². The summed E-state index contributed by atoms with van der Waals surface area (Å²) in [6, 6.07) is 6.41. The molecule has 2 nitrogen and oxygen atoms in total. The van der Waals surface area contributed by atoms with Crippen molar-refractivity contribution in [2.45, 2.75) is 43.4 Å². The molecule has 0 bridgehead atoms. The maximum atomic E-state index is 12.4. The fourth-order valence-corrected chi connectivity index (χ4v) is 4.44. The van der Waals surface area contributed by atoms with Crippen LogP contribution in [0.4, 0.5) is 0 Å². The molecule has 4 atom stereocenters. The van der Waals surface area contributed by atoms with Crippen LogP contribution in [0.3, 0.4) is 0 Å². The molecule has 0 aliphatic carbocycles. The fourth-order valence-electron chi connectivity index (χ4n) is 2.49. The molecule has 18 heavy (non-hydrogen) atoms. The summed E-state index contributed by atoms with van der Waals surface area (Å²) in [6.07, 6.45) is 1.12. The van der Waals surface area contributed by atoms with E-state index in [1.165, 1.54) is 5.56 Å². The molecule has 4 unspecified atom stereocenters. The van der Waals surface area contributed by atoms with E-state index in [0.29, 0.717) is 12.0 Å². The first-order valence-electron chi connectivity index (χ1n) is 6.49.